The first kappa shape index (κ1) is 19.6. The summed E-state index contributed by atoms with van der Waals surface area (Å²) < 4.78 is 10.6. The van der Waals surface area contributed by atoms with E-state index in [4.69, 9.17) is 15.2 Å². The van der Waals surface area contributed by atoms with E-state index in [9.17, 15) is 4.79 Å². The Kier molecular flexibility index (Phi) is 5.72. The maximum atomic E-state index is 12.7. The Labute approximate surface area is 164 Å². The molecule has 0 bridgehead atoms. The summed E-state index contributed by atoms with van der Waals surface area (Å²) in [5.41, 5.74) is 7.86. The zero-order chi connectivity index (χ0) is 19.6. The number of amides is 1. The molecule has 0 aliphatic carbocycles. The monoisotopic (exact) mass is 389 g/mol. The molecule has 27 heavy (non-hydrogen) atoms. The zero-order valence-corrected chi connectivity index (χ0v) is 17.1. The highest BCUT2D eigenvalue weighted by molar-refractivity contribution is 7.13. The molecular formula is C20H27N3O3S. The van der Waals surface area contributed by atoms with Gasteiger partial charge in [0.15, 0.2) is 11.5 Å². The molecular weight excluding hydrogens is 362 g/mol. The summed E-state index contributed by atoms with van der Waals surface area (Å²) in [5.74, 6) is 1.45. The Morgan fingerprint density at radius 3 is 2.74 bits per heavy atom. The van der Waals surface area contributed by atoms with Crippen LogP contribution in [0.5, 0.6) is 11.5 Å². The molecule has 0 radical (unpaired) electrons. The third-order valence-corrected chi connectivity index (χ3v) is 6.12. The van der Waals surface area contributed by atoms with E-state index in [1.165, 1.54) is 11.3 Å². The van der Waals surface area contributed by atoms with Crippen molar-refractivity contribution < 1.29 is 14.3 Å². The van der Waals surface area contributed by atoms with Gasteiger partial charge in [0.05, 0.1) is 26.3 Å². The molecule has 1 fully saturated rings. The number of hydrogen-bond acceptors (Lipinski definition) is 6. The van der Waals surface area contributed by atoms with Gasteiger partial charge in [-0.2, -0.15) is 0 Å². The van der Waals surface area contributed by atoms with Crippen LogP contribution in [0.3, 0.4) is 0 Å². The lowest BCUT2D eigenvalue weighted by Gasteiger charge is -2.42. The largest absolute Gasteiger partial charge is 0.493 e. The Morgan fingerprint density at radius 2 is 2.07 bits per heavy atom. The van der Waals surface area contributed by atoms with Crippen LogP contribution in [0.1, 0.15) is 26.0 Å². The third kappa shape index (κ3) is 4.25. The molecule has 1 aliphatic rings. The molecule has 1 saturated heterocycles. The molecule has 1 aromatic carbocycles. The van der Waals surface area contributed by atoms with Crippen LogP contribution in [0.15, 0.2) is 23.6 Å². The van der Waals surface area contributed by atoms with E-state index in [-0.39, 0.29) is 17.4 Å². The predicted molar refractivity (Wildman–Crippen MR) is 107 cm³/mol. The van der Waals surface area contributed by atoms with Crippen molar-refractivity contribution in [2.45, 2.75) is 32.7 Å². The molecule has 7 heteroatoms. The first-order chi connectivity index (χ1) is 12.8. The molecule has 1 aliphatic heterocycles. The van der Waals surface area contributed by atoms with Crippen LogP contribution in [0, 0.1) is 5.41 Å². The lowest BCUT2D eigenvalue weighted by atomic mass is 9.79. The SMILES string of the molecule is COc1ccc(-c2nc(CC(=O)N3CCC(N)C(C)(C)C3)cs2)cc1OC. The molecule has 1 unspecified atom stereocenters. The lowest BCUT2D eigenvalue weighted by Crippen LogP contribution is -2.54. The van der Waals surface area contributed by atoms with Crippen molar-refractivity contribution in [3.63, 3.8) is 0 Å². The number of hydrogen-bond donors (Lipinski definition) is 1. The smallest absolute Gasteiger partial charge is 0.228 e. The summed E-state index contributed by atoms with van der Waals surface area (Å²) in [7, 11) is 3.22. The lowest BCUT2D eigenvalue weighted by molar-refractivity contribution is -0.133. The maximum absolute atomic E-state index is 12.7. The van der Waals surface area contributed by atoms with Crippen LogP contribution in [0.4, 0.5) is 0 Å². The van der Waals surface area contributed by atoms with Gasteiger partial charge in [-0.25, -0.2) is 4.98 Å². The zero-order valence-electron chi connectivity index (χ0n) is 16.3. The molecule has 0 spiro atoms. The van der Waals surface area contributed by atoms with E-state index >= 15 is 0 Å². The second kappa shape index (κ2) is 7.86. The maximum Gasteiger partial charge on any atom is 0.228 e. The van der Waals surface area contributed by atoms with Gasteiger partial charge >= 0.3 is 0 Å². The van der Waals surface area contributed by atoms with Crippen molar-refractivity contribution in [3.8, 4) is 22.1 Å². The molecule has 2 aromatic rings. The number of aromatic nitrogens is 1. The van der Waals surface area contributed by atoms with Gasteiger partial charge in [0.1, 0.15) is 5.01 Å². The fourth-order valence-corrected chi connectivity index (χ4v) is 4.16. The quantitative estimate of drug-likeness (QED) is 0.851. The number of piperidine rings is 1. The molecule has 1 atom stereocenters. The van der Waals surface area contributed by atoms with Gasteiger partial charge in [-0.3, -0.25) is 4.79 Å². The second-order valence-electron chi connectivity index (χ2n) is 7.59. The van der Waals surface area contributed by atoms with Crippen molar-refractivity contribution in [2.24, 2.45) is 11.1 Å². The van der Waals surface area contributed by atoms with Crippen LogP contribution in [0.25, 0.3) is 10.6 Å². The fraction of sp³-hybridized carbons (Fsp3) is 0.500. The predicted octanol–water partition coefficient (Wildman–Crippen LogP) is 2.96. The summed E-state index contributed by atoms with van der Waals surface area (Å²) in [4.78, 5) is 19.3. The minimum Gasteiger partial charge on any atom is -0.493 e. The van der Waals surface area contributed by atoms with Crippen molar-refractivity contribution in [1.82, 2.24) is 9.88 Å². The Balaban J connectivity index is 1.70. The number of thiazole rings is 1. The topological polar surface area (TPSA) is 77.7 Å². The standard InChI is InChI=1S/C20H27N3O3S/c1-20(2)12-23(8-7-17(20)21)18(24)10-14-11-27-19(22-14)13-5-6-15(25-3)16(9-13)26-4/h5-6,9,11,17H,7-8,10,12,21H2,1-4H3. The number of benzene rings is 1. The van der Waals surface area contributed by atoms with Crippen molar-refractivity contribution >= 4 is 17.2 Å². The molecule has 2 heterocycles. The van der Waals surface area contributed by atoms with Gasteiger partial charge in [0, 0.05) is 30.1 Å². The molecule has 1 amide bonds. The van der Waals surface area contributed by atoms with E-state index in [1.807, 2.05) is 28.5 Å². The average molecular weight is 390 g/mol. The van der Waals surface area contributed by atoms with Crippen molar-refractivity contribution in [1.29, 1.82) is 0 Å². The van der Waals surface area contributed by atoms with Gasteiger partial charge in [0.25, 0.3) is 0 Å². The van der Waals surface area contributed by atoms with Crippen molar-refractivity contribution in [3.05, 3.63) is 29.3 Å². The summed E-state index contributed by atoms with van der Waals surface area (Å²) in [5, 5.41) is 2.81. The van der Waals surface area contributed by atoms with E-state index in [2.05, 4.69) is 18.8 Å². The molecule has 1 aromatic heterocycles. The average Bonchev–Trinajstić information content (AvgIpc) is 3.11. The number of ether oxygens (including phenoxy) is 2. The number of methoxy groups -OCH3 is 2. The van der Waals surface area contributed by atoms with Crippen LogP contribution < -0.4 is 15.2 Å². The minimum atomic E-state index is -0.0548. The molecule has 146 valence electrons. The highest BCUT2D eigenvalue weighted by atomic mass is 32.1. The molecule has 2 N–H and O–H groups in total. The Bertz CT molecular complexity index is 819. The van der Waals surface area contributed by atoms with Crippen LogP contribution in [0.2, 0.25) is 0 Å². The molecule has 0 saturated carbocycles. The highest BCUT2D eigenvalue weighted by Gasteiger charge is 2.35. The third-order valence-electron chi connectivity index (χ3n) is 5.18. The molecule has 3 rings (SSSR count). The van der Waals surface area contributed by atoms with Gasteiger partial charge in [-0.05, 0) is 30.0 Å². The van der Waals surface area contributed by atoms with Crippen molar-refractivity contribution in [2.75, 3.05) is 27.3 Å². The number of rotatable bonds is 5. The number of nitrogens with zero attached hydrogens (tertiary/aromatic N) is 2. The van der Waals surface area contributed by atoms with Crippen LogP contribution in [-0.4, -0.2) is 49.1 Å². The van der Waals surface area contributed by atoms with E-state index in [0.29, 0.717) is 24.5 Å². The van der Waals surface area contributed by atoms with E-state index in [0.717, 1.165) is 29.2 Å². The fourth-order valence-electron chi connectivity index (χ4n) is 3.34. The van der Waals surface area contributed by atoms with Gasteiger partial charge < -0.3 is 20.1 Å². The summed E-state index contributed by atoms with van der Waals surface area (Å²) in [6.45, 7) is 5.65. The minimum absolute atomic E-state index is 0.0548. The van der Waals surface area contributed by atoms with Gasteiger partial charge in [-0.15, -0.1) is 11.3 Å². The van der Waals surface area contributed by atoms with Gasteiger partial charge in [0.2, 0.25) is 5.91 Å². The first-order valence-electron chi connectivity index (χ1n) is 9.04. The Hall–Kier alpha value is -2.12. The second-order valence-corrected chi connectivity index (χ2v) is 8.45. The number of likely N-dealkylation sites (tertiary alicyclic amines) is 1. The highest BCUT2D eigenvalue weighted by Crippen LogP contribution is 2.34. The van der Waals surface area contributed by atoms with Crippen LogP contribution >= 0.6 is 11.3 Å². The number of carbonyl (C=O) groups excluding carboxylic acids is 1. The van der Waals surface area contributed by atoms with E-state index < -0.39 is 0 Å². The number of carbonyl (C=O) groups is 1. The van der Waals surface area contributed by atoms with Gasteiger partial charge in [-0.1, -0.05) is 13.8 Å². The molecule has 6 nitrogen and oxygen atoms in total. The van der Waals surface area contributed by atoms with E-state index in [1.54, 1.807) is 14.2 Å². The first-order valence-corrected chi connectivity index (χ1v) is 9.92. The summed E-state index contributed by atoms with van der Waals surface area (Å²) >= 11 is 1.53. The number of nitrogens with two attached hydrogens (primary N) is 1. The summed E-state index contributed by atoms with van der Waals surface area (Å²) in [6, 6.07) is 5.84. The Morgan fingerprint density at radius 1 is 1.33 bits per heavy atom. The summed E-state index contributed by atoms with van der Waals surface area (Å²) in [6.07, 6.45) is 1.15. The normalized spacial score (nSPS) is 19.0. The van der Waals surface area contributed by atoms with Crippen LogP contribution in [-0.2, 0) is 11.2 Å².